The van der Waals surface area contributed by atoms with Crippen LogP contribution in [-0.2, 0) is 11.2 Å². The Bertz CT molecular complexity index is 711. The molecule has 22 heavy (non-hydrogen) atoms. The van der Waals surface area contributed by atoms with Crippen molar-refractivity contribution in [3.63, 3.8) is 0 Å². The maximum atomic E-state index is 12.7. The molecule has 2 nitrogen and oxygen atoms in total. The second-order valence-electron chi connectivity index (χ2n) is 5.31. The third-order valence-corrected chi connectivity index (χ3v) is 3.78. The molecule has 1 aliphatic carbocycles. The molecule has 0 radical (unpaired) electrons. The summed E-state index contributed by atoms with van der Waals surface area (Å²) < 4.78 is 38.2. The van der Waals surface area contributed by atoms with Crippen LogP contribution >= 0.6 is 0 Å². The summed E-state index contributed by atoms with van der Waals surface area (Å²) >= 11 is 0. The molecule has 0 atom stereocenters. The number of aryl methyl sites for hydroxylation is 1. The van der Waals surface area contributed by atoms with Crippen molar-refractivity contribution in [2.24, 2.45) is 0 Å². The van der Waals surface area contributed by atoms with Crippen LogP contribution in [0.2, 0.25) is 0 Å². The van der Waals surface area contributed by atoms with E-state index >= 15 is 0 Å². The highest BCUT2D eigenvalue weighted by molar-refractivity contribution is 5.94. The first-order valence-electron chi connectivity index (χ1n) is 7.02. The Kier molecular flexibility index (Phi) is 3.64. The van der Waals surface area contributed by atoms with Crippen LogP contribution in [-0.4, -0.2) is 12.1 Å². The molecule has 1 amide bonds. The van der Waals surface area contributed by atoms with E-state index in [4.69, 9.17) is 0 Å². The number of carbonyl (C=O) groups excluding carboxylic acids is 1. The molecule has 0 bridgehead atoms. The number of carbonyl (C=O) groups is 1. The fraction of sp³-hybridized carbons (Fsp3) is 0.235. The van der Waals surface area contributed by atoms with Crippen LogP contribution in [0, 0.1) is 0 Å². The summed E-state index contributed by atoms with van der Waals surface area (Å²) in [4.78, 5) is 11.3. The van der Waals surface area contributed by atoms with Crippen LogP contribution in [0.1, 0.15) is 24.0 Å². The van der Waals surface area contributed by atoms with Crippen molar-refractivity contribution in [1.82, 2.24) is 0 Å². The van der Waals surface area contributed by atoms with Gasteiger partial charge in [0.15, 0.2) is 0 Å². The summed E-state index contributed by atoms with van der Waals surface area (Å²) in [5, 5.41) is 2.79. The van der Waals surface area contributed by atoms with Crippen molar-refractivity contribution >= 4 is 17.2 Å². The number of fused-ring (bicyclic) bond motifs is 1. The number of rotatable bonds is 1. The zero-order valence-corrected chi connectivity index (χ0v) is 11.7. The molecular weight excluding hydrogens is 291 g/mol. The number of allylic oxidation sites excluding steroid dienone is 6. The second-order valence-corrected chi connectivity index (χ2v) is 5.31. The summed E-state index contributed by atoms with van der Waals surface area (Å²) in [5.41, 5.74) is 2.80. The zero-order chi connectivity index (χ0) is 15.7. The van der Waals surface area contributed by atoms with Gasteiger partial charge >= 0.3 is 6.18 Å². The lowest BCUT2D eigenvalue weighted by Crippen LogP contribution is -2.18. The number of hydrogen-bond acceptors (Lipinski definition) is 1. The van der Waals surface area contributed by atoms with Gasteiger partial charge in [0, 0.05) is 12.1 Å². The van der Waals surface area contributed by atoms with E-state index in [1.54, 1.807) is 12.1 Å². The van der Waals surface area contributed by atoms with Crippen molar-refractivity contribution < 1.29 is 18.0 Å². The van der Waals surface area contributed by atoms with E-state index in [0.29, 0.717) is 12.8 Å². The molecule has 0 saturated heterocycles. The number of hydrogen-bond donors (Lipinski definition) is 1. The Labute approximate surface area is 126 Å². The van der Waals surface area contributed by atoms with Gasteiger partial charge < -0.3 is 5.32 Å². The molecule has 1 aliphatic heterocycles. The zero-order valence-electron chi connectivity index (χ0n) is 11.7. The summed E-state index contributed by atoms with van der Waals surface area (Å²) in [6, 6.07) is 5.56. The number of amides is 1. The predicted octanol–water partition coefficient (Wildman–Crippen LogP) is 4.40. The normalized spacial score (nSPS) is 18.0. The third-order valence-electron chi connectivity index (χ3n) is 3.78. The van der Waals surface area contributed by atoms with Gasteiger partial charge in [0.25, 0.3) is 0 Å². The molecule has 0 fully saturated rings. The van der Waals surface area contributed by atoms with Crippen molar-refractivity contribution in [1.29, 1.82) is 0 Å². The monoisotopic (exact) mass is 305 g/mol. The van der Waals surface area contributed by atoms with Gasteiger partial charge in [-0.1, -0.05) is 24.3 Å². The van der Waals surface area contributed by atoms with Crippen molar-refractivity contribution in [3.8, 4) is 0 Å². The molecule has 0 aromatic heterocycles. The summed E-state index contributed by atoms with van der Waals surface area (Å²) in [6.07, 6.45) is 2.57. The number of nitrogens with one attached hydrogen (secondary N) is 1. The molecule has 3 rings (SSSR count). The van der Waals surface area contributed by atoms with Crippen molar-refractivity contribution in [3.05, 3.63) is 59.2 Å². The van der Waals surface area contributed by atoms with Crippen LogP contribution in [0.25, 0.3) is 5.57 Å². The molecule has 1 heterocycles. The quantitative estimate of drug-likeness (QED) is 0.818. The largest absolute Gasteiger partial charge is 0.416 e. The van der Waals surface area contributed by atoms with Crippen LogP contribution in [0.15, 0.2) is 48.1 Å². The fourth-order valence-electron chi connectivity index (χ4n) is 2.62. The highest BCUT2D eigenvalue weighted by Crippen LogP contribution is 2.32. The topological polar surface area (TPSA) is 29.1 Å². The van der Waals surface area contributed by atoms with Crippen LogP contribution in [0.4, 0.5) is 18.9 Å². The second kappa shape index (κ2) is 5.48. The van der Waals surface area contributed by atoms with Crippen molar-refractivity contribution in [2.45, 2.75) is 25.4 Å². The van der Waals surface area contributed by atoms with Gasteiger partial charge in [-0.2, -0.15) is 13.2 Å². The summed E-state index contributed by atoms with van der Waals surface area (Å²) in [6.45, 7) is 0. The number of benzene rings is 1. The predicted molar refractivity (Wildman–Crippen MR) is 79.3 cm³/mol. The van der Waals surface area contributed by atoms with E-state index in [2.05, 4.69) is 5.32 Å². The smallest absolute Gasteiger partial charge is 0.326 e. The van der Waals surface area contributed by atoms with Gasteiger partial charge in [0.1, 0.15) is 0 Å². The van der Waals surface area contributed by atoms with E-state index in [1.165, 1.54) is 12.2 Å². The van der Waals surface area contributed by atoms with Crippen LogP contribution in [0.5, 0.6) is 0 Å². The Hall–Kier alpha value is -2.30. The molecule has 0 spiro atoms. The number of alkyl halides is 3. The molecule has 1 aromatic rings. The minimum Gasteiger partial charge on any atom is -0.326 e. The Balaban J connectivity index is 1.87. The summed E-state index contributed by atoms with van der Waals surface area (Å²) in [5.74, 6) is -0.00662. The third kappa shape index (κ3) is 2.98. The molecule has 2 aliphatic rings. The minimum atomic E-state index is -4.32. The first-order valence-corrected chi connectivity index (χ1v) is 7.02. The average Bonchev–Trinajstić information content (AvgIpc) is 2.72. The maximum absolute atomic E-state index is 12.7. The Morgan fingerprint density at radius 1 is 1.05 bits per heavy atom. The minimum absolute atomic E-state index is 0.00662. The van der Waals surface area contributed by atoms with E-state index < -0.39 is 11.7 Å². The Morgan fingerprint density at radius 2 is 1.86 bits per heavy atom. The lowest BCUT2D eigenvalue weighted by molar-refractivity contribution is -0.116. The van der Waals surface area contributed by atoms with Gasteiger partial charge in [-0.05, 0) is 47.8 Å². The van der Waals surface area contributed by atoms with Crippen molar-refractivity contribution in [2.75, 3.05) is 5.32 Å². The SMILES string of the molecule is O=C1CCc2cc(C3=CCC=C(C(F)(F)F)C=C3)ccc2N1. The molecule has 1 aromatic carbocycles. The lowest BCUT2D eigenvalue weighted by Gasteiger charge is -2.17. The molecule has 114 valence electrons. The maximum Gasteiger partial charge on any atom is 0.416 e. The van der Waals surface area contributed by atoms with Crippen LogP contribution in [0.3, 0.4) is 0 Å². The molecular formula is C17H14F3NO. The van der Waals surface area contributed by atoms with Crippen LogP contribution < -0.4 is 5.32 Å². The number of anilines is 1. The van der Waals surface area contributed by atoms with E-state index in [9.17, 15) is 18.0 Å². The van der Waals surface area contributed by atoms with Gasteiger partial charge in [-0.15, -0.1) is 0 Å². The van der Waals surface area contributed by atoms with E-state index in [-0.39, 0.29) is 12.3 Å². The Morgan fingerprint density at radius 3 is 2.64 bits per heavy atom. The molecule has 5 heteroatoms. The van der Waals surface area contributed by atoms with Gasteiger partial charge in [0.05, 0.1) is 5.57 Å². The van der Waals surface area contributed by atoms with Gasteiger partial charge in [-0.25, -0.2) is 0 Å². The first kappa shape index (κ1) is 14.6. The first-order chi connectivity index (χ1) is 10.4. The standard InChI is InChI=1S/C17H14F3NO/c18-17(19,20)14-3-1-2-11(4-7-14)12-5-8-15-13(10-12)6-9-16(22)21-15/h2-5,7-8,10H,1,6,9H2,(H,21,22). The van der Waals surface area contributed by atoms with Gasteiger partial charge in [0.2, 0.25) is 5.91 Å². The van der Waals surface area contributed by atoms with E-state index in [1.807, 2.05) is 12.1 Å². The molecule has 0 unspecified atom stereocenters. The number of halogens is 3. The van der Waals surface area contributed by atoms with Gasteiger partial charge in [-0.3, -0.25) is 4.79 Å². The summed E-state index contributed by atoms with van der Waals surface area (Å²) in [7, 11) is 0. The fourth-order valence-corrected chi connectivity index (χ4v) is 2.62. The highest BCUT2D eigenvalue weighted by atomic mass is 19.4. The molecule has 1 N–H and O–H groups in total. The average molecular weight is 305 g/mol. The highest BCUT2D eigenvalue weighted by Gasteiger charge is 2.31. The lowest BCUT2D eigenvalue weighted by atomic mass is 9.96. The molecule has 0 saturated carbocycles. The van der Waals surface area contributed by atoms with E-state index in [0.717, 1.165) is 28.5 Å².